The molecule has 2 aliphatic heterocycles. The van der Waals surface area contributed by atoms with Crippen LogP contribution in [0, 0.1) is 11.6 Å². The normalized spacial score (nSPS) is 16.2. The highest BCUT2D eigenvalue weighted by atomic mass is 35.5. The summed E-state index contributed by atoms with van der Waals surface area (Å²) in [7, 11) is 0. The Morgan fingerprint density at radius 1 is 1.09 bits per heavy atom. The van der Waals surface area contributed by atoms with E-state index in [1.54, 1.807) is 30.3 Å². The van der Waals surface area contributed by atoms with E-state index in [1.165, 1.54) is 12.1 Å². The Morgan fingerprint density at radius 3 is 2.60 bits per heavy atom. The van der Waals surface area contributed by atoms with Crippen molar-refractivity contribution < 1.29 is 18.3 Å². The summed E-state index contributed by atoms with van der Waals surface area (Å²) in [6, 6.07) is 5.13. The van der Waals surface area contributed by atoms with E-state index in [1.807, 2.05) is 0 Å². The highest BCUT2D eigenvalue weighted by Gasteiger charge is 2.28. The van der Waals surface area contributed by atoms with Gasteiger partial charge in [-0.25, -0.2) is 18.7 Å². The maximum absolute atomic E-state index is 14.0. The minimum atomic E-state index is -0.705. The number of benzene rings is 1. The molecule has 0 atom stereocenters. The van der Waals surface area contributed by atoms with Crippen LogP contribution in [0.4, 0.5) is 14.6 Å². The molecule has 5 rings (SSSR count). The average molecular weight is 500 g/mol. The number of halogens is 3. The molecule has 1 fully saturated rings. The van der Waals surface area contributed by atoms with Gasteiger partial charge < -0.3 is 14.5 Å². The summed E-state index contributed by atoms with van der Waals surface area (Å²) in [5, 5.41) is 0.492. The summed E-state index contributed by atoms with van der Waals surface area (Å²) in [6.07, 6.45) is 4.97. The van der Waals surface area contributed by atoms with E-state index < -0.39 is 11.6 Å². The van der Waals surface area contributed by atoms with E-state index in [-0.39, 0.29) is 17.8 Å². The minimum Gasteiger partial charge on any atom is -0.487 e. The van der Waals surface area contributed by atoms with Gasteiger partial charge in [0.25, 0.3) is 0 Å². The highest BCUT2D eigenvalue weighted by Crippen LogP contribution is 2.33. The lowest BCUT2D eigenvalue weighted by Crippen LogP contribution is -2.40. The number of carbonyl (C=O) groups excluding carboxylic acids is 1. The molecule has 1 saturated heterocycles. The van der Waals surface area contributed by atoms with Crippen molar-refractivity contribution in [2.24, 2.45) is 0 Å². The van der Waals surface area contributed by atoms with Gasteiger partial charge in [0.05, 0.1) is 23.0 Å². The van der Waals surface area contributed by atoms with Crippen molar-refractivity contribution in [2.75, 3.05) is 24.5 Å². The van der Waals surface area contributed by atoms with Crippen molar-refractivity contribution >= 4 is 23.3 Å². The topological polar surface area (TPSA) is 71.5 Å². The first-order valence-corrected chi connectivity index (χ1v) is 11.9. The number of aromatic nitrogens is 3. The molecular formula is C25H24ClF2N5O2. The fourth-order valence-electron chi connectivity index (χ4n) is 4.48. The van der Waals surface area contributed by atoms with Gasteiger partial charge in [0.1, 0.15) is 17.6 Å². The molecule has 0 bridgehead atoms. The van der Waals surface area contributed by atoms with Crippen LogP contribution in [0.5, 0.6) is 5.75 Å². The number of amides is 1. The van der Waals surface area contributed by atoms with Gasteiger partial charge in [-0.05, 0) is 18.2 Å². The fraction of sp³-hybridized carbons (Fsp3) is 0.360. The number of fused-ring (bicyclic) bond motifs is 1. The van der Waals surface area contributed by atoms with Crippen LogP contribution in [0.2, 0.25) is 5.02 Å². The molecule has 0 saturated carbocycles. The quantitative estimate of drug-likeness (QED) is 0.529. The van der Waals surface area contributed by atoms with Crippen molar-refractivity contribution in [3.05, 3.63) is 64.7 Å². The second kappa shape index (κ2) is 9.73. The molecule has 1 aromatic carbocycles. The van der Waals surface area contributed by atoms with Gasteiger partial charge in [0.15, 0.2) is 17.4 Å². The molecule has 0 aliphatic carbocycles. The summed E-state index contributed by atoms with van der Waals surface area (Å²) in [5.74, 6) is -0.546. The molecule has 3 aromatic rings. The number of carbonyl (C=O) groups is 1. The average Bonchev–Trinajstić information content (AvgIpc) is 2.85. The molecule has 2 aliphatic rings. The van der Waals surface area contributed by atoms with E-state index in [9.17, 15) is 13.6 Å². The van der Waals surface area contributed by atoms with E-state index in [0.717, 1.165) is 28.8 Å². The summed E-state index contributed by atoms with van der Waals surface area (Å²) >= 11 is 6.21. The maximum atomic E-state index is 14.0. The van der Waals surface area contributed by atoms with Crippen molar-refractivity contribution in [1.29, 1.82) is 0 Å². The van der Waals surface area contributed by atoms with Crippen molar-refractivity contribution in [3.8, 4) is 17.0 Å². The van der Waals surface area contributed by atoms with Crippen LogP contribution in [0.15, 0.2) is 36.7 Å². The van der Waals surface area contributed by atoms with E-state index >= 15 is 0 Å². The van der Waals surface area contributed by atoms with Gasteiger partial charge in [0.2, 0.25) is 5.91 Å². The highest BCUT2D eigenvalue weighted by molar-refractivity contribution is 6.30. The molecule has 0 unspecified atom stereocenters. The number of hydrogen-bond donors (Lipinski definition) is 0. The van der Waals surface area contributed by atoms with E-state index in [2.05, 4.69) is 9.88 Å². The van der Waals surface area contributed by atoms with Gasteiger partial charge in [-0.2, -0.15) is 0 Å². The first-order chi connectivity index (χ1) is 16.9. The maximum Gasteiger partial charge on any atom is 0.219 e. The third kappa shape index (κ3) is 5.05. The molecule has 10 heteroatoms. The number of ether oxygens (including phenoxy) is 1. The Morgan fingerprint density at radius 2 is 1.89 bits per heavy atom. The van der Waals surface area contributed by atoms with Gasteiger partial charge >= 0.3 is 0 Å². The second-order valence-electron chi connectivity index (χ2n) is 8.75. The Bertz CT molecular complexity index is 1270. The molecule has 2 aromatic heterocycles. The molecule has 0 N–H and O–H groups in total. The lowest BCUT2D eigenvalue weighted by molar-refractivity contribution is -0.129. The molecule has 7 nitrogen and oxygen atoms in total. The number of nitrogens with zero attached hydrogens (tertiary/aromatic N) is 5. The van der Waals surface area contributed by atoms with Crippen molar-refractivity contribution in [3.63, 3.8) is 0 Å². The van der Waals surface area contributed by atoms with Crippen molar-refractivity contribution in [1.82, 2.24) is 19.9 Å². The first kappa shape index (κ1) is 23.4. The Kier molecular flexibility index (Phi) is 6.51. The van der Waals surface area contributed by atoms with Crippen LogP contribution in [0.1, 0.15) is 31.2 Å². The SMILES string of the molecule is CC(=O)N1CCc2nc(N3CCC(Oc4ccc(F)cc4F)CC3)c(-c3cncc(Cl)c3)nc2C1. The predicted molar refractivity (Wildman–Crippen MR) is 127 cm³/mol. The summed E-state index contributed by atoms with van der Waals surface area (Å²) in [5.41, 5.74) is 3.06. The number of piperidine rings is 1. The van der Waals surface area contributed by atoms with Crippen LogP contribution < -0.4 is 9.64 Å². The number of hydrogen-bond acceptors (Lipinski definition) is 6. The zero-order valence-corrected chi connectivity index (χ0v) is 19.9. The zero-order chi connectivity index (χ0) is 24.5. The largest absolute Gasteiger partial charge is 0.487 e. The van der Waals surface area contributed by atoms with E-state index in [4.69, 9.17) is 26.3 Å². The Labute approximate surface area is 206 Å². The minimum absolute atomic E-state index is 0.00663. The van der Waals surface area contributed by atoms with Gasteiger partial charge in [-0.1, -0.05) is 11.6 Å². The van der Waals surface area contributed by atoms with Gasteiger partial charge in [0, 0.05) is 69.8 Å². The standard InChI is InChI=1S/C25H24ClF2N5O2/c1-15(34)33-9-6-21-22(14-33)30-24(16-10-17(26)13-29-12-16)25(31-21)32-7-4-19(5-8-32)35-23-3-2-18(27)11-20(23)28/h2-3,10-13,19H,4-9,14H2,1H3. The molecule has 35 heavy (non-hydrogen) atoms. The predicted octanol–water partition coefficient (Wildman–Crippen LogP) is 4.42. The number of pyridine rings is 1. The molecule has 4 heterocycles. The summed E-state index contributed by atoms with van der Waals surface area (Å²) < 4.78 is 33.0. The lowest BCUT2D eigenvalue weighted by atomic mass is 10.1. The summed E-state index contributed by atoms with van der Waals surface area (Å²) in [6.45, 7) is 3.83. The third-order valence-electron chi connectivity index (χ3n) is 6.34. The monoisotopic (exact) mass is 499 g/mol. The molecule has 0 spiro atoms. The molecular weight excluding hydrogens is 476 g/mol. The molecule has 1 amide bonds. The summed E-state index contributed by atoms with van der Waals surface area (Å²) in [4.78, 5) is 29.9. The second-order valence-corrected chi connectivity index (χ2v) is 9.19. The van der Waals surface area contributed by atoms with Crippen molar-refractivity contribution in [2.45, 2.75) is 38.8 Å². The number of anilines is 1. The Hall–Kier alpha value is -3.33. The van der Waals surface area contributed by atoms with Crippen LogP contribution in [-0.4, -0.2) is 51.5 Å². The molecule has 0 radical (unpaired) electrons. The van der Waals surface area contributed by atoms with E-state index in [0.29, 0.717) is 56.2 Å². The van der Waals surface area contributed by atoms with Crippen LogP contribution in [0.3, 0.4) is 0 Å². The fourth-order valence-corrected chi connectivity index (χ4v) is 4.66. The van der Waals surface area contributed by atoms with Crippen LogP contribution >= 0.6 is 11.6 Å². The zero-order valence-electron chi connectivity index (χ0n) is 19.2. The first-order valence-electron chi connectivity index (χ1n) is 11.5. The van der Waals surface area contributed by atoms with Gasteiger partial charge in [-0.15, -0.1) is 0 Å². The van der Waals surface area contributed by atoms with Crippen LogP contribution in [-0.2, 0) is 17.8 Å². The smallest absolute Gasteiger partial charge is 0.219 e. The van der Waals surface area contributed by atoms with Crippen LogP contribution in [0.25, 0.3) is 11.3 Å². The Balaban J connectivity index is 1.40. The molecule has 182 valence electrons. The lowest BCUT2D eigenvalue weighted by Gasteiger charge is -2.35. The number of rotatable bonds is 4. The van der Waals surface area contributed by atoms with Gasteiger partial charge in [-0.3, -0.25) is 9.78 Å². The third-order valence-corrected chi connectivity index (χ3v) is 6.55.